The van der Waals surface area contributed by atoms with Crippen molar-refractivity contribution in [2.24, 2.45) is 5.92 Å². The number of aromatic carboxylic acids is 1. The number of carboxylic acids is 1. The van der Waals surface area contributed by atoms with Crippen molar-refractivity contribution in [3.63, 3.8) is 0 Å². The Morgan fingerprint density at radius 3 is 2.80 bits per heavy atom. The Balaban J connectivity index is 1.98. The third-order valence-corrected chi connectivity index (χ3v) is 3.57. The van der Waals surface area contributed by atoms with Gasteiger partial charge < -0.3 is 19.2 Å². The highest BCUT2D eigenvalue weighted by Gasteiger charge is 2.34. The summed E-state index contributed by atoms with van der Waals surface area (Å²) in [6.45, 7) is 2.88. The van der Waals surface area contributed by atoms with Gasteiger partial charge in [0.25, 0.3) is 0 Å². The van der Waals surface area contributed by atoms with Crippen LogP contribution >= 0.6 is 0 Å². The summed E-state index contributed by atoms with van der Waals surface area (Å²) in [5, 5.41) is 8.79. The molecule has 1 saturated heterocycles. The third-order valence-electron chi connectivity index (χ3n) is 3.57. The number of hydrogen-bond acceptors (Lipinski definition) is 4. The molecule has 1 aromatic rings. The van der Waals surface area contributed by atoms with Gasteiger partial charge in [-0.2, -0.15) is 0 Å². The van der Waals surface area contributed by atoms with Crippen molar-refractivity contribution in [2.75, 3.05) is 13.7 Å². The lowest BCUT2D eigenvalue weighted by molar-refractivity contribution is -0.136. The first-order valence-corrected chi connectivity index (χ1v) is 6.71. The number of carbonyl (C=O) groups excluding carboxylic acids is 1. The van der Waals surface area contributed by atoms with Crippen LogP contribution in [0.2, 0.25) is 0 Å². The Morgan fingerprint density at radius 1 is 1.45 bits per heavy atom. The topological polar surface area (TPSA) is 80.0 Å². The highest BCUT2D eigenvalue weighted by atomic mass is 16.5. The fraction of sp³-hybridized carbons (Fsp3) is 0.571. The SMILES string of the molecule is CC[C@@H]1OCC[C@H]1C(=O)N(C)Cc1ccc(C(=O)O)o1. The summed E-state index contributed by atoms with van der Waals surface area (Å²) in [6, 6.07) is 2.97. The quantitative estimate of drug-likeness (QED) is 0.889. The van der Waals surface area contributed by atoms with Gasteiger partial charge in [0.2, 0.25) is 11.7 Å². The summed E-state index contributed by atoms with van der Waals surface area (Å²) in [5.74, 6) is -0.858. The van der Waals surface area contributed by atoms with Crippen LogP contribution in [0.3, 0.4) is 0 Å². The van der Waals surface area contributed by atoms with E-state index in [1.54, 1.807) is 18.0 Å². The fourth-order valence-electron chi connectivity index (χ4n) is 2.51. The van der Waals surface area contributed by atoms with Crippen LogP contribution in [0, 0.1) is 5.92 Å². The molecule has 0 unspecified atom stereocenters. The number of nitrogens with zero attached hydrogens (tertiary/aromatic N) is 1. The Morgan fingerprint density at radius 2 is 2.20 bits per heavy atom. The van der Waals surface area contributed by atoms with Crippen LogP contribution in [0.1, 0.15) is 36.1 Å². The zero-order valence-electron chi connectivity index (χ0n) is 11.7. The van der Waals surface area contributed by atoms with Crippen molar-refractivity contribution in [2.45, 2.75) is 32.4 Å². The van der Waals surface area contributed by atoms with E-state index in [1.807, 2.05) is 6.92 Å². The summed E-state index contributed by atoms with van der Waals surface area (Å²) in [6.07, 6.45) is 1.53. The smallest absolute Gasteiger partial charge is 0.371 e. The predicted octanol–water partition coefficient (Wildman–Crippen LogP) is 1.75. The van der Waals surface area contributed by atoms with E-state index >= 15 is 0 Å². The molecule has 0 spiro atoms. The Bertz CT molecular complexity index is 496. The second-order valence-corrected chi connectivity index (χ2v) is 4.98. The second-order valence-electron chi connectivity index (χ2n) is 4.98. The zero-order chi connectivity index (χ0) is 14.7. The maximum Gasteiger partial charge on any atom is 0.371 e. The van der Waals surface area contributed by atoms with Crippen LogP contribution in [-0.4, -0.2) is 41.6 Å². The number of amides is 1. The summed E-state index contributed by atoms with van der Waals surface area (Å²) >= 11 is 0. The number of carboxylic acid groups (broad SMARTS) is 1. The first-order valence-electron chi connectivity index (χ1n) is 6.71. The van der Waals surface area contributed by atoms with Crippen molar-refractivity contribution < 1.29 is 23.8 Å². The lowest BCUT2D eigenvalue weighted by Gasteiger charge is -2.22. The van der Waals surface area contributed by atoms with E-state index < -0.39 is 5.97 Å². The molecule has 2 atom stereocenters. The highest BCUT2D eigenvalue weighted by Crippen LogP contribution is 2.25. The number of hydrogen-bond donors (Lipinski definition) is 1. The molecule has 1 N–H and O–H groups in total. The van der Waals surface area contributed by atoms with Crippen LogP contribution in [0.4, 0.5) is 0 Å². The molecule has 1 fully saturated rings. The fourth-order valence-corrected chi connectivity index (χ4v) is 2.51. The molecule has 1 aromatic heterocycles. The van der Waals surface area contributed by atoms with Gasteiger partial charge in [-0.3, -0.25) is 4.79 Å². The highest BCUT2D eigenvalue weighted by molar-refractivity contribution is 5.84. The molecular weight excluding hydrogens is 262 g/mol. The summed E-state index contributed by atoms with van der Waals surface area (Å²) in [5.41, 5.74) is 0. The molecule has 6 heteroatoms. The van der Waals surface area contributed by atoms with Gasteiger partial charge in [-0.05, 0) is 25.0 Å². The van der Waals surface area contributed by atoms with Gasteiger partial charge in [0, 0.05) is 13.7 Å². The van der Waals surface area contributed by atoms with Crippen LogP contribution in [-0.2, 0) is 16.1 Å². The molecular formula is C14H19NO5. The molecule has 1 amide bonds. The lowest BCUT2D eigenvalue weighted by Crippen LogP contribution is -2.36. The van der Waals surface area contributed by atoms with E-state index in [-0.39, 0.29) is 30.2 Å². The number of carbonyl (C=O) groups is 2. The number of ether oxygens (including phenoxy) is 1. The van der Waals surface area contributed by atoms with E-state index in [0.29, 0.717) is 12.4 Å². The first-order chi connectivity index (χ1) is 9.52. The van der Waals surface area contributed by atoms with E-state index in [9.17, 15) is 9.59 Å². The van der Waals surface area contributed by atoms with Gasteiger partial charge >= 0.3 is 5.97 Å². The predicted molar refractivity (Wildman–Crippen MR) is 70.3 cm³/mol. The Kier molecular flexibility index (Phi) is 4.44. The van der Waals surface area contributed by atoms with Crippen molar-refractivity contribution in [1.29, 1.82) is 0 Å². The number of rotatable bonds is 5. The van der Waals surface area contributed by atoms with Gasteiger partial charge in [-0.1, -0.05) is 6.92 Å². The van der Waals surface area contributed by atoms with Crippen molar-refractivity contribution in [1.82, 2.24) is 4.90 Å². The third kappa shape index (κ3) is 3.01. The summed E-state index contributed by atoms with van der Waals surface area (Å²) < 4.78 is 10.7. The van der Waals surface area contributed by atoms with Gasteiger partial charge in [-0.15, -0.1) is 0 Å². The summed E-state index contributed by atoms with van der Waals surface area (Å²) in [7, 11) is 1.69. The van der Waals surface area contributed by atoms with E-state index in [0.717, 1.165) is 12.8 Å². The average molecular weight is 281 g/mol. The van der Waals surface area contributed by atoms with E-state index in [4.69, 9.17) is 14.3 Å². The van der Waals surface area contributed by atoms with Crippen LogP contribution in [0.15, 0.2) is 16.5 Å². The van der Waals surface area contributed by atoms with Crippen LogP contribution in [0.25, 0.3) is 0 Å². The molecule has 0 bridgehead atoms. The van der Waals surface area contributed by atoms with E-state index in [1.165, 1.54) is 6.07 Å². The molecule has 0 radical (unpaired) electrons. The van der Waals surface area contributed by atoms with Crippen LogP contribution in [0.5, 0.6) is 0 Å². The maximum absolute atomic E-state index is 12.3. The Labute approximate surface area is 117 Å². The van der Waals surface area contributed by atoms with Gasteiger partial charge in [0.1, 0.15) is 5.76 Å². The van der Waals surface area contributed by atoms with Gasteiger partial charge in [0.05, 0.1) is 18.6 Å². The van der Waals surface area contributed by atoms with Crippen molar-refractivity contribution in [3.05, 3.63) is 23.7 Å². The normalized spacial score (nSPS) is 21.9. The molecule has 0 saturated carbocycles. The molecule has 110 valence electrons. The molecule has 1 aliphatic rings. The standard InChI is InChI=1S/C14H19NO5/c1-3-11-10(6-7-19-11)13(16)15(2)8-9-4-5-12(20-9)14(17)18/h4-5,10-11H,3,6-8H2,1-2H3,(H,17,18)/t10-,11+/m1/s1. The molecule has 20 heavy (non-hydrogen) atoms. The molecule has 2 rings (SSSR count). The molecule has 0 aliphatic carbocycles. The largest absolute Gasteiger partial charge is 0.475 e. The zero-order valence-corrected chi connectivity index (χ0v) is 11.7. The minimum Gasteiger partial charge on any atom is -0.475 e. The molecule has 2 heterocycles. The molecule has 6 nitrogen and oxygen atoms in total. The number of furan rings is 1. The van der Waals surface area contributed by atoms with Crippen LogP contribution < -0.4 is 0 Å². The second kappa shape index (κ2) is 6.09. The lowest BCUT2D eigenvalue weighted by atomic mass is 9.98. The van der Waals surface area contributed by atoms with Crippen molar-refractivity contribution in [3.8, 4) is 0 Å². The first kappa shape index (κ1) is 14.6. The molecule has 1 aliphatic heterocycles. The monoisotopic (exact) mass is 281 g/mol. The minimum absolute atomic E-state index is 0.0163. The minimum atomic E-state index is -1.11. The summed E-state index contributed by atoms with van der Waals surface area (Å²) in [4.78, 5) is 24.6. The molecule has 0 aromatic carbocycles. The van der Waals surface area contributed by atoms with Gasteiger partial charge in [0.15, 0.2) is 0 Å². The van der Waals surface area contributed by atoms with Gasteiger partial charge in [-0.25, -0.2) is 4.79 Å². The Hall–Kier alpha value is -1.82. The van der Waals surface area contributed by atoms with E-state index in [2.05, 4.69) is 0 Å². The van der Waals surface area contributed by atoms with Crippen molar-refractivity contribution >= 4 is 11.9 Å². The maximum atomic E-state index is 12.3. The average Bonchev–Trinajstić information content (AvgIpc) is 3.05.